The zero-order chi connectivity index (χ0) is 13.1. The van der Waals surface area contributed by atoms with Crippen LogP contribution in [0.2, 0.25) is 0 Å². The highest BCUT2D eigenvalue weighted by Gasteiger charge is 2.53. The van der Waals surface area contributed by atoms with Gasteiger partial charge in [0.15, 0.2) is 0 Å². The molecular weight excluding hydrogens is 232 g/mol. The number of nitrogens with two attached hydrogens (primary N) is 1. The molecule has 1 unspecified atom stereocenters. The Bertz CT molecular complexity index is 532. The summed E-state index contributed by atoms with van der Waals surface area (Å²) in [4.78, 5) is 26.5. The molecule has 3 rings (SSSR count). The molecule has 2 heterocycles. The third-order valence-electron chi connectivity index (χ3n) is 4.31. The summed E-state index contributed by atoms with van der Waals surface area (Å²) < 4.78 is 5.60. The number of carbonyl (C=O) groups is 2. The largest absolute Gasteiger partial charge is 0.395 e. The minimum Gasteiger partial charge on any atom is -0.395 e. The molecule has 1 saturated heterocycles. The lowest BCUT2D eigenvalue weighted by Gasteiger charge is -2.33. The van der Waals surface area contributed by atoms with Crippen LogP contribution in [0.3, 0.4) is 0 Å². The van der Waals surface area contributed by atoms with E-state index < -0.39 is 5.72 Å². The van der Waals surface area contributed by atoms with Gasteiger partial charge in [-0.25, -0.2) is 0 Å². The van der Waals surface area contributed by atoms with Gasteiger partial charge in [0.2, 0.25) is 11.6 Å². The van der Waals surface area contributed by atoms with Gasteiger partial charge in [-0.05, 0) is 19.8 Å². The van der Waals surface area contributed by atoms with Crippen molar-refractivity contribution < 1.29 is 14.3 Å². The lowest BCUT2D eigenvalue weighted by atomic mass is 9.90. The van der Waals surface area contributed by atoms with Crippen LogP contribution >= 0.6 is 0 Å². The van der Waals surface area contributed by atoms with Gasteiger partial charge in [-0.3, -0.25) is 9.59 Å². The van der Waals surface area contributed by atoms with Crippen LogP contribution in [0.4, 0.5) is 0 Å². The Morgan fingerprint density at radius 1 is 1.33 bits per heavy atom. The quantitative estimate of drug-likeness (QED) is 0.683. The second-order valence-electron chi connectivity index (χ2n) is 5.11. The molecule has 18 heavy (non-hydrogen) atoms. The number of hydrogen-bond acceptors (Lipinski definition) is 5. The van der Waals surface area contributed by atoms with Crippen molar-refractivity contribution in [2.75, 3.05) is 13.7 Å². The molecule has 0 spiro atoms. The van der Waals surface area contributed by atoms with Crippen molar-refractivity contribution in [2.45, 2.75) is 31.9 Å². The van der Waals surface area contributed by atoms with Crippen molar-refractivity contribution in [2.24, 2.45) is 5.73 Å². The third kappa shape index (κ3) is 1.15. The van der Waals surface area contributed by atoms with E-state index in [-0.39, 0.29) is 17.3 Å². The average Bonchev–Trinajstić information content (AvgIpc) is 2.89. The molecule has 5 heteroatoms. The molecule has 0 aromatic heterocycles. The van der Waals surface area contributed by atoms with Gasteiger partial charge < -0.3 is 15.4 Å². The fourth-order valence-electron chi connectivity index (χ4n) is 3.24. The van der Waals surface area contributed by atoms with Crippen LogP contribution < -0.4 is 5.73 Å². The Kier molecular flexibility index (Phi) is 2.20. The lowest BCUT2D eigenvalue weighted by Crippen LogP contribution is -2.42. The summed E-state index contributed by atoms with van der Waals surface area (Å²) >= 11 is 0. The number of Topliss-reactive ketones (excluding diaryl/α,β-unsaturated/α-hetero) is 2. The molecule has 2 aliphatic heterocycles. The van der Waals surface area contributed by atoms with E-state index in [0.717, 1.165) is 19.4 Å². The number of hydrogen-bond donors (Lipinski definition) is 1. The van der Waals surface area contributed by atoms with Gasteiger partial charge in [0.25, 0.3) is 0 Å². The maximum Gasteiger partial charge on any atom is 0.207 e. The maximum atomic E-state index is 12.3. The fraction of sp³-hybridized carbons (Fsp3) is 0.538. The second-order valence-corrected chi connectivity index (χ2v) is 5.11. The summed E-state index contributed by atoms with van der Waals surface area (Å²) in [5, 5.41) is 0. The van der Waals surface area contributed by atoms with Crippen LogP contribution in [0.25, 0.3) is 0 Å². The van der Waals surface area contributed by atoms with E-state index in [9.17, 15) is 9.59 Å². The van der Waals surface area contributed by atoms with Gasteiger partial charge >= 0.3 is 0 Å². The highest BCUT2D eigenvalue weighted by atomic mass is 16.5. The maximum absolute atomic E-state index is 12.3. The van der Waals surface area contributed by atoms with Gasteiger partial charge in [0, 0.05) is 31.2 Å². The third-order valence-corrected chi connectivity index (χ3v) is 4.31. The van der Waals surface area contributed by atoms with Crippen molar-refractivity contribution in [1.82, 2.24) is 4.90 Å². The Balaban J connectivity index is 2.11. The zero-order valence-corrected chi connectivity index (χ0v) is 10.6. The van der Waals surface area contributed by atoms with Crippen LogP contribution in [-0.2, 0) is 14.3 Å². The van der Waals surface area contributed by atoms with Gasteiger partial charge in [0.05, 0.1) is 11.4 Å². The summed E-state index contributed by atoms with van der Waals surface area (Å²) in [5.41, 5.74) is 6.72. The molecule has 0 amide bonds. The molecule has 1 aliphatic carbocycles. The van der Waals surface area contributed by atoms with Crippen molar-refractivity contribution in [3.63, 3.8) is 0 Å². The van der Waals surface area contributed by atoms with Crippen molar-refractivity contribution in [1.29, 1.82) is 0 Å². The molecular formula is C13H16N2O3. The first-order valence-electron chi connectivity index (χ1n) is 6.13. The predicted molar refractivity (Wildman–Crippen MR) is 64.2 cm³/mol. The Morgan fingerprint density at radius 2 is 2.06 bits per heavy atom. The van der Waals surface area contributed by atoms with Crippen LogP contribution in [0.5, 0.6) is 0 Å². The minimum atomic E-state index is -0.499. The Labute approximate surface area is 105 Å². The van der Waals surface area contributed by atoms with Crippen LogP contribution in [-0.4, -0.2) is 35.8 Å². The smallest absolute Gasteiger partial charge is 0.207 e. The van der Waals surface area contributed by atoms with E-state index in [0.29, 0.717) is 23.3 Å². The second kappa shape index (κ2) is 3.45. The van der Waals surface area contributed by atoms with Gasteiger partial charge in [-0.1, -0.05) is 0 Å². The Hall–Kier alpha value is -1.62. The van der Waals surface area contributed by atoms with Crippen LogP contribution in [0.15, 0.2) is 22.5 Å². The molecule has 0 radical (unpaired) electrons. The van der Waals surface area contributed by atoms with E-state index in [2.05, 4.69) is 0 Å². The van der Waals surface area contributed by atoms with Crippen LogP contribution in [0, 0.1) is 0 Å². The molecule has 2 N–H and O–H groups in total. The number of nitrogens with zero attached hydrogens (tertiary/aromatic N) is 1. The van der Waals surface area contributed by atoms with Crippen molar-refractivity contribution in [3.05, 3.63) is 22.5 Å². The number of allylic oxidation sites excluding steroid dienone is 2. The zero-order valence-electron chi connectivity index (χ0n) is 10.6. The summed E-state index contributed by atoms with van der Waals surface area (Å²) in [6.07, 6.45) is 2.29. The summed E-state index contributed by atoms with van der Waals surface area (Å²) in [7, 11) is 1.63. The van der Waals surface area contributed by atoms with E-state index in [1.165, 1.54) is 0 Å². The van der Waals surface area contributed by atoms with Crippen molar-refractivity contribution in [3.8, 4) is 0 Å². The molecule has 0 aromatic carbocycles. The molecule has 5 nitrogen and oxygen atoms in total. The molecule has 1 fully saturated rings. The van der Waals surface area contributed by atoms with E-state index in [1.807, 2.05) is 4.90 Å². The monoisotopic (exact) mass is 248 g/mol. The molecule has 0 aromatic rings. The van der Waals surface area contributed by atoms with Gasteiger partial charge in [-0.2, -0.15) is 0 Å². The number of ketones is 2. The highest BCUT2D eigenvalue weighted by molar-refractivity contribution is 6.25. The average molecular weight is 248 g/mol. The van der Waals surface area contributed by atoms with Gasteiger partial charge in [0.1, 0.15) is 5.72 Å². The first kappa shape index (κ1) is 11.5. The summed E-state index contributed by atoms with van der Waals surface area (Å²) in [6.45, 7) is 2.38. The van der Waals surface area contributed by atoms with E-state index >= 15 is 0 Å². The Morgan fingerprint density at radius 3 is 2.72 bits per heavy atom. The van der Waals surface area contributed by atoms with E-state index in [1.54, 1.807) is 14.0 Å². The number of methoxy groups -OCH3 is 1. The highest BCUT2D eigenvalue weighted by Crippen LogP contribution is 2.47. The molecule has 1 atom stereocenters. The summed E-state index contributed by atoms with van der Waals surface area (Å²) in [5.74, 6) is -0.323. The van der Waals surface area contributed by atoms with Crippen molar-refractivity contribution >= 4 is 11.6 Å². The van der Waals surface area contributed by atoms with Gasteiger partial charge in [-0.15, -0.1) is 0 Å². The first-order valence-corrected chi connectivity index (χ1v) is 6.13. The molecule has 0 bridgehead atoms. The normalized spacial score (nSPS) is 31.3. The fourth-order valence-corrected chi connectivity index (χ4v) is 3.24. The number of carbonyl (C=O) groups excluding carboxylic acids is 2. The number of rotatable bonds is 1. The van der Waals surface area contributed by atoms with Crippen LogP contribution in [0.1, 0.15) is 26.2 Å². The topological polar surface area (TPSA) is 72.6 Å². The standard InChI is InChI=1S/C13H16N2O3/c1-7-9(14)12(17)8-6-13(18-2)4-3-5-15(13)10(8)11(7)16/h3-6,14H2,1-2H3. The summed E-state index contributed by atoms with van der Waals surface area (Å²) in [6, 6.07) is 0. The predicted octanol–water partition coefficient (Wildman–Crippen LogP) is 0.467. The minimum absolute atomic E-state index is 0.0891. The number of ether oxygens (including phenoxy) is 1. The first-order chi connectivity index (χ1) is 8.52. The molecule has 0 saturated carbocycles. The lowest BCUT2D eigenvalue weighted by molar-refractivity contribution is -0.119. The molecule has 96 valence electrons. The number of fused-ring (bicyclic) bond motifs is 2. The molecule has 3 aliphatic rings. The SMILES string of the molecule is COC12CCCN1C1=C(C2)C(=O)C(N)=C(C)C1=O. The van der Waals surface area contributed by atoms with E-state index in [4.69, 9.17) is 10.5 Å².